The fraction of sp³-hybridized carbons (Fsp3) is 0.158. The molecule has 1 aromatic heterocycles. The van der Waals surface area contributed by atoms with Crippen molar-refractivity contribution in [2.75, 3.05) is 6.61 Å². The van der Waals surface area contributed by atoms with E-state index in [1.807, 2.05) is 24.3 Å². The van der Waals surface area contributed by atoms with Crippen molar-refractivity contribution in [2.24, 2.45) is 5.92 Å². The first-order valence-corrected chi connectivity index (χ1v) is 8.40. The van der Waals surface area contributed by atoms with Gasteiger partial charge in [0.1, 0.15) is 11.3 Å². The lowest BCUT2D eigenvalue weighted by Crippen LogP contribution is -2.31. The predicted octanol–water partition coefficient (Wildman–Crippen LogP) is 3.99. The molecule has 0 spiro atoms. The molecule has 0 aliphatic carbocycles. The number of hydrogen-bond donors (Lipinski definition) is 0. The van der Waals surface area contributed by atoms with Crippen LogP contribution >= 0.6 is 15.9 Å². The Bertz CT molecular complexity index is 988. The van der Waals surface area contributed by atoms with Gasteiger partial charge in [0, 0.05) is 10.0 Å². The summed E-state index contributed by atoms with van der Waals surface area (Å²) in [7, 11) is 0. The molecule has 1 aliphatic rings. The Kier molecular flexibility index (Phi) is 3.73. The Balaban J connectivity index is 1.71. The molecule has 2 aromatic carbocycles. The molecule has 0 saturated carbocycles. The Hall–Kier alpha value is -2.40. The van der Waals surface area contributed by atoms with Gasteiger partial charge in [-0.3, -0.25) is 4.79 Å². The van der Waals surface area contributed by atoms with Crippen molar-refractivity contribution < 1.29 is 13.9 Å². The monoisotopic (exact) mass is 384 g/mol. The second-order valence-corrected chi connectivity index (χ2v) is 6.69. The molecule has 2 heterocycles. The van der Waals surface area contributed by atoms with E-state index in [0.717, 1.165) is 9.86 Å². The number of halogens is 1. The third kappa shape index (κ3) is 2.55. The zero-order chi connectivity index (χ0) is 16.7. The highest BCUT2D eigenvalue weighted by Gasteiger charge is 2.30. The van der Waals surface area contributed by atoms with Gasteiger partial charge in [0.15, 0.2) is 5.78 Å². The van der Waals surface area contributed by atoms with Crippen molar-refractivity contribution in [2.45, 2.75) is 6.42 Å². The van der Waals surface area contributed by atoms with E-state index in [0.29, 0.717) is 28.9 Å². The maximum absolute atomic E-state index is 12.7. The van der Waals surface area contributed by atoms with Gasteiger partial charge in [-0.15, -0.1) is 0 Å². The summed E-state index contributed by atoms with van der Waals surface area (Å²) in [6, 6.07) is 14.5. The number of para-hydroxylation sites is 1. The van der Waals surface area contributed by atoms with Crippen LogP contribution in [0.1, 0.15) is 15.9 Å². The molecule has 5 heteroatoms. The molecule has 0 bridgehead atoms. The topological polar surface area (TPSA) is 56.5 Å². The summed E-state index contributed by atoms with van der Waals surface area (Å²) >= 11 is 3.35. The molecule has 1 aliphatic heterocycles. The molecule has 1 atom stereocenters. The minimum Gasteiger partial charge on any atom is -0.491 e. The van der Waals surface area contributed by atoms with Gasteiger partial charge < -0.3 is 9.15 Å². The normalized spacial score (nSPS) is 16.5. The molecule has 0 N–H and O–H groups in total. The van der Waals surface area contributed by atoms with E-state index >= 15 is 0 Å². The number of rotatable bonds is 2. The fourth-order valence-corrected chi connectivity index (χ4v) is 3.27. The third-order valence-electron chi connectivity index (χ3n) is 4.23. The average Bonchev–Trinajstić information content (AvgIpc) is 2.62. The van der Waals surface area contributed by atoms with Crippen LogP contribution in [0.25, 0.3) is 11.0 Å². The summed E-state index contributed by atoms with van der Waals surface area (Å²) in [6.45, 7) is 0.259. The summed E-state index contributed by atoms with van der Waals surface area (Å²) in [6.07, 6.45) is 0.331. The fourth-order valence-electron chi connectivity index (χ4n) is 3.01. The van der Waals surface area contributed by atoms with E-state index < -0.39 is 5.63 Å². The molecule has 4 rings (SSSR count). The number of Topliss-reactive ketones (excluding diaryl/α,β-unsaturated/α-hetero) is 1. The van der Waals surface area contributed by atoms with Crippen molar-refractivity contribution in [1.82, 2.24) is 0 Å². The lowest BCUT2D eigenvalue weighted by molar-refractivity contribution is 0.0854. The van der Waals surface area contributed by atoms with E-state index in [-0.39, 0.29) is 18.3 Å². The predicted molar refractivity (Wildman–Crippen MR) is 93.6 cm³/mol. The molecule has 0 saturated heterocycles. The van der Waals surface area contributed by atoms with Crippen LogP contribution in [-0.2, 0) is 6.42 Å². The number of carbonyl (C=O) groups excluding carboxylic acids is 1. The first-order valence-electron chi connectivity index (χ1n) is 7.61. The maximum Gasteiger partial charge on any atom is 0.343 e. The number of benzene rings is 2. The Morgan fingerprint density at radius 2 is 1.83 bits per heavy atom. The van der Waals surface area contributed by atoms with E-state index in [4.69, 9.17) is 9.15 Å². The molecule has 120 valence electrons. The van der Waals surface area contributed by atoms with Crippen molar-refractivity contribution in [1.29, 1.82) is 0 Å². The molecule has 1 unspecified atom stereocenters. The van der Waals surface area contributed by atoms with Crippen molar-refractivity contribution >= 4 is 32.7 Å². The largest absolute Gasteiger partial charge is 0.491 e. The van der Waals surface area contributed by atoms with Crippen LogP contribution in [0, 0.1) is 5.92 Å². The van der Waals surface area contributed by atoms with E-state index in [1.54, 1.807) is 24.3 Å². The minimum absolute atomic E-state index is 0.0271. The molecular formula is C19H13BrO4. The van der Waals surface area contributed by atoms with E-state index in [1.165, 1.54) is 0 Å². The van der Waals surface area contributed by atoms with Gasteiger partial charge >= 0.3 is 5.63 Å². The van der Waals surface area contributed by atoms with E-state index in [2.05, 4.69) is 15.9 Å². The Labute approximate surface area is 146 Å². The van der Waals surface area contributed by atoms with Crippen LogP contribution in [0.3, 0.4) is 0 Å². The molecule has 0 fully saturated rings. The van der Waals surface area contributed by atoms with Gasteiger partial charge in [0.05, 0.1) is 23.5 Å². The van der Waals surface area contributed by atoms with Gasteiger partial charge in [0.25, 0.3) is 0 Å². The summed E-state index contributed by atoms with van der Waals surface area (Å²) in [4.78, 5) is 24.9. The molecular weight excluding hydrogens is 372 g/mol. The van der Waals surface area contributed by atoms with Crippen molar-refractivity contribution in [3.8, 4) is 5.75 Å². The highest BCUT2D eigenvalue weighted by Crippen LogP contribution is 2.33. The van der Waals surface area contributed by atoms with Crippen molar-refractivity contribution in [3.05, 3.63) is 74.6 Å². The van der Waals surface area contributed by atoms with Crippen molar-refractivity contribution in [3.63, 3.8) is 0 Å². The number of ether oxygens (including phenoxy) is 1. The number of hydrogen-bond acceptors (Lipinski definition) is 4. The summed E-state index contributed by atoms with van der Waals surface area (Å²) in [5.41, 5.74) is 1.12. The van der Waals surface area contributed by atoms with E-state index in [9.17, 15) is 9.59 Å². The lowest BCUT2D eigenvalue weighted by Gasteiger charge is -2.24. The standard InChI is InChI=1S/C19H13BrO4/c20-13-7-5-11(6-8-13)17(21)12-9-15-18(23-10-12)14-3-1-2-4-16(14)24-19(15)22/h1-8,12H,9-10H2. The van der Waals surface area contributed by atoms with Crippen LogP contribution in [-0.4, -0.2) is 12.4 Å². The molecule has 0 radical (unpaired) electrons. The molecule has 24 heavy (non-hydrogen) atoms. The second kappa shape index (κ2) is 5.91. The quantitative estimate of drug-likeness (QED) is 0.495. The van der Waals surface area contributed by atoms with Crippen LogP contribution in [0.15, 0.2) is 62.2 Å². The van der Waals surface area contributed by atoms with Gasteiger partial charge in [-0.1, -0.05) is 40.2 Å². The van der Waals surface area contributed by atoms with Crippen LogP contribution in [0.4, 0.5) is 0 Å². The zero-order valence-corrected chi connectivity index (χ0v) is 14.2. The molecule has 0 amide bonds. The summed E-state index contributed by atoms with van der Waals surface area (Å²) in [5, 5.41) is 0.765. The molecule has 3 aromatic rings. The number of fused-ring (bicyclic) bond motifs is 3. The molecule has 4 nitrogen and oxygen atoms in total. The smallest absolute Gasteiger partial charge is 0.343 e. The SMILES string of the molecule is O=C(c1ccc(Br)cc1)C1COc2c(c(=O)oc3ccccc23)C1. The summed E-state index contributed by atoms with van der Waals surface area (Å²) < 4.78 is 12.1. The summed E-state index contributed by atoms with van der Waals surface area (Å²) in [5.74, 6) is 0.130. The minimum atomic E-state index is -0.433. The second-order valence-electron chi connectivity index (χ2n) is 5.78. The zero-order valence-electron chi connectivity index (χ0n) is 12.6. The number of ketones is 1. The Morgan fingerprint density at radius 3 is 2.62 bits per heavy atom. The lowest BCUT2D eigenvalue weighted by atomic mass is 9.90. The van der Waals surface area contributed by atoms with Crippen LogP contribution in [0.2, 0.25) is 0 Å². The van der Waals surface area contributed by atoms with Gasteiger partial charge in [0.2, 0.25) is 0 Å². The van der Waals surface area contributed by atoms with Gasteiger partial charge in [-0.05, 0) is 30.7 Å². The number of carbonyl (C=O) groups is 1. The van der Waals surface area contributed by atoms with Crippen LogP contribution < -0.4 is 10.4 Å². The first-order chi connectivity index (χ1) is 11.6. The van der Waals surface area contributed by atoms with Gasteiger partial charge in [-0.2, -0.15) is 0 Å². The third-order valence-corrected chi connectivity index (χ3v) is 4.76. The highest BCUT2D eigenvalue weighted by atomic mass is 79.9. The first kappa shape index (κ1) is 15.1. The van der Waals surface area contributed by atoms with Gasteiger partial charge in [-0.25, -0.2) is 4.79 Å². The average molecular weight is 385 g/mol. The highest BCUT2D eigenvalue weighted by molar-refractivity contribution is 9.10. The maximum atomic E-state index is 12.7. The van der Waals surface area contributed by atoms with Crippen LogP contribution in [0.5, 0.6) is 5.75 Å². The Morgan fingerprint density at radius 1 is 1.08 bits per heavy atom.